The van der Waals surface area contributed by atoms with Crippen LogP contribution in [0.3, 0.4) is 0 Å². The van der Waals surface area contributed by atoms with Crippen LogP contribution in [0.15, 0.2) is 72.9 Å². The summed E-state index contributed by atoms with van der Waals surface area (Å²) in [5.41, 5.74) is 0. The highest BCUT2D eigenvalue weighted by Gasteiger charge is 2.20. The third-order valence-corrected chi connectivity index (χ3v) is 9.71. The maximum atomic E-state index is 12.6. The lowest BCUT2D eigenvalue weighted by molar-refractivity contribution is -0.870. The highest BCUT2D eigenvalue weighted by Crippen LogP contribution is 2.38. The van der Waals surface area contributed by atoms with E-state index in [1.54, 1.807) is 0 Å². The summed E-state index contributed by atoms with van der Waals surface area (Å²) in [6.07, 6.45) is 49.2. The Labute approximate surface area is 338 Å². The Hall–Kier alpha value is -2.06. The van der Waals surface area contributed by atoms with Gasteiger partial charge in [0.05, 0.1) is 34.4 Å². The molecule has 0 aliphatic rings. The Balaban J connectivity index is 4.32. The lowest BCUT2D eigenvalue weighted by Gasteiger charge is -2.28. The van der Waals surface area contributed by atoms with Crippen molar-refractivity contribution in [2.24, 2.45) is 0 Å². The van der Waals surface area contributed by atoms with E-state index >= 15 is 0 Å². The van der Waals surface area contributed by atoms with Gasteiger partial charge in [-0.3, -0.25) is 9.36 Å². The summed E-state index contributed by atoms with van der Waals surface area (Å²) in [5.74, 6) is -0.379. The average Bonchev–Trinajstić information content (AvgIpc) is 3.13. The molecule has 0 aromatic heterocycles. The van der Waals surface area contributed by atoms with Crippen LogP contribution in [-0.4, -0.2) is 70.7 Å². The lowest BCUT2D eigenvalue weighted by atomic mass is 10.1. The molecule has 0 N–H and O–H groups in total. The van der Waals surface area contributed by atoms with E-state index in [9.17, 15) is 14.3 Å². The number of ether oxygens (including phenoxy) is 2. The van der Waals surface area contributed by atoms with E-state index in [0.29, 0.717) is 24.1 Å². The minimum absolute atomic E-state index is 0.0131. The molecule has 2 atom stereocenters. The third-order valence-electron chi connectivity index (χ3n) is 8.74. The zero-order chi connectivity index (χ0) is 40.6. The van der Waals surface area contributed by atoms with Gasteiger partial charge in [0.1, 0.15) is 19.3 Å². The molecule has 0 saturated carbocycles. The van der Waals surface area contributed by atoms with Crippen molar-refractivity contribution in [3.05, 3.63) is 72.9 Å². The average molecular weight is 792 g/mol. The number of likely N-dealkylation sites (N-methyl/N-ethyl adjacent to an activating group) is 1. The van der Waals surface area contributed by atoms with Crippen molar-refractivity contribution in [3.8, 4) is 0 Å². The second kappa shape index (κ2) is 38.8. The predicted octanol–water partition coefficient (Wildman–Crippen LogP) is 12.1. The third kappa shape index (κ3) is 42.9. The molecule has 0 aromatic carbocycles. The number of phosphoric ester groups is 1. The summed E-state index contributed by atoms with van der Waals surface area (Å²) >= 11 is 0. The maximum Gasteiger partial charge on any atom is 0.306 e. The van der Waals surface area contributed by atoms with Crippen LogP contribution in [0.25, 0.3) is 0 Å². The summed E-state index contributed by atoms with van der Waals surface area (Å²) in [6.45, 7) is 5.18. The van der Waals surface area contributed by atoms with Gasteiger partial charge in [-0.25, -0.2) is 0 Å². The van der Waals surface area contributed by atoms with E-state index in [2.05, 4.69) is 86.8 Å². The summed E-state index contributed by atoms with van der Waals surface area (Å²) in [4.78, 5) is 25.0. The number of hydrogen-bond donors (Lipinski definition) is 0. The molecule has 0 aromatic rings. The first kappa shape index (κ1) is 52.9. The van der Waals surface area contributed by atoms with E-state index in [1.165, 1.54) is 70.6 Å². The Kier molecular flexibility index (Phi) is 37.3. The van der Waals surface area contributed by atoms with E-state index in [0.717, 1.165) is 57.8 Å². The molecular weight excluding hydrogens is 709 g/mol. The molecule has 0 fully saturated rings. The van der Waals surface area contributed by atoms with Gasteiger partial charge >= 0.3 is 5.97 Å². The van der Waals surface area contributed by atoms with E-state index < -0.39 is 13.9 Å². The fourth-order valence-corrected chi connectivity index (χ4v) is 6.12. The van der Waals surface area contributed by atoms with Crippen LogP contribution in [-0.2, 0) is 27.9 Å². The number of carbonyl (C=O) groups excluding carboxylic acids is 1. The van der Waals surface area contributed by atoms with Crippen LogP contribution in [0.2, 0.25) is 0 Å². The van der Waals surface area contributed by atoms with Crippen LogP contribution in [0.1, 0.15) is 155 Å². The van der Waals surface area contributed by atoms with Gasteiger partial charge in [0.25, 0.3) is 7.82 Å². The molecule has 0 radical (unpaired) electrons. The first-order valence-corrected chi connectivity index (χ1v) is 23.1. The van der Waals surface area contributed by atoms with Crippen LogP contribution in [0, 0.1) is 0 Å². The molecule has 0 bridgehead atoms. The van der Waals surface area contributed by atoms with Crippen LogP contribution in [0.4, 0.5) is 0 Å². The number of esters is 1. The number of hydrogen-bond acceptors (Lipinski definition) is 7. The van der Waals surface area contributed by atoms with Crippen molar-refractivity contribution in [2.75, 3.05) is 54.1 Å². The topological polar surface area (TPSA) is 94.1 Å². The summed E-state index contributed by atoms with van der Waals surface area (Å²) in [7, 11) is 1.31. The number of unbranched alkanes of at least 4 members (excludes halogenated alkanes) is 13. The molecule has 0 heterocycles. The maximum absolute atomic E-state index is 12.6. The molecule has 0 amide bonds. The monoisotopic (exact) mass is 792 g/mol. The largest absolute Gasteiger partial charge is 0.756 e. The molecule has 0 aliphatic heterocycles. The van der Waals surface area contributed by atoms with Gasteiger partial charge in [-0.15, -0.1) is 0 Å². The second-order valence-corrected chi connectivity index (χ2v) is 16.7. The highest BCUT2D eigenvalue weighted by molar-refractivity contribution is 7.45. The standard InChI is InChI=1S/C46H82NO7P/c1-6-8-10-12-14-16-18-20-22-23-24-26-28-30-32-34-36-38-41-51-43-45(44-53-55(49,50)52-42-40-47(3,4)5)54-46(48)39-37-35-33-31-29-27-25-21-19-17-15-13-11-9-7-2/h9,11,14-17,20-22,25,29,31,45H,6-8,10,12-13,18-19,23-24,26-28,30,32-44H2,1-5H3/b11-9-,16-14-,17-15-,22-20-,25-21-,31-29-. The molecule has 318 valence electrons. The number of phosphoric acid groups is 1. The van der Waals surface area contributed by atoms with E-state index in [-0.39, 0.29) is 32.2 Å². The minimum Gasteiger partial charge on any atom is -0.756 e. The van der Waals surface area contributed by atoms with Gasteiger partial charge in [0.15, 0.2) is 0 Å². The molecule has 0 aliphatic carbocycles. The Morgan fingerprint density at radius 3 is 1.58 bits per heavy atom. The normalized spacial score (nSPS) is 14.5. The fourth-order valence-electron chi connectivity index (χ4n) is 5.39. The molecule has 2 unspecified atom stereocenters. The zero-order valence-electron chi connectivity index (χ0n) is 35.8. The van der Waals surface area contributed by atoms with Crippen molar-refractivity contribution < 1.29 is 37.3 Å². The van der Waals surface area contributed by atoms with Crippen molar-refractivity contribution in [3.63, 3.8) is 0 Å². The Bertz CT molecular complexity index is 1110. The zero-order valence-corrected chi connectivity index (χ0v) is 36.7. The molecular formula is C46H82NO7P. The van der Waals surface area contributed by atoms with Gasteiger partial charge < -0.3 is 27.9 Å². The quantitative estimate of drug-likeness (QED) is 0.0201. The first-order chi connectivity index (χ1) is 26.6. The smallest absolute Gasteiger partial charge is 0.306 e. The SMILES string of the molecule is CC/C=C\C/C=C\C/C=C\C/C=C\CCCCC(=O)OC(COCCCCCCCCCC/C=C\C/C=C\CCCCC)COP(=O)([O-])OCC[N+](C)(C)C. The first-order valence-electron chi connectivity index (χ1n) is 21.7. The Morgan fingerprint density at radius 2 is 1.05 bits per heavy atom. The molecule has 9 heteroatoms. The van der Waals surface area contributed by atoms with Gasteiger partial charge in [-0.05, 0) is 83.5 Å². The summed E-state index contributed by atoms with van der Waals surface area (Å²) < 4.78 is 34.5. The number of quaternary nitrogens is 1. The Morgan fingerprint density at radius 1 is 0.582 bits per heavy atom. The molecule has 0 spiro atoms. The van der Waals surface area contributed by atoms with Crippen molar-refractivity contribution in [1.82, 2.24) is 0 Å². The minimum atomic E-state index is -4.54. The van der Waals surface area contributed by atoms with Crippen molar-refractivity contribution in [2.45, 2.75) is 161 Å². The summed E-state index contributed by atoms with van der Waals surface area (Å²) in [6, 6.07) is 0. The van der Waals surface area contributed by atoms with E-state index in [1.807, 2.05) is 21.1 Å². The number of rotatable bonds is 39. The molecule has 8 nitrogen and oxygen atoms in total. The molecule has 55 heavy (non-hydrogen) atoms. The van der Waals surface area contributed by atoms with Crippen LogP contribution in [0.5, 0.6) is 0 Å². The van der Waals surface area contributed by atoms with Gasteiger partial charge in [0.2, 0.25) is 0 Å². The fraction of sp³-hybridized carbons (Fsp3) is 0.717. The van der Waals surface area contributed by atoms with Gasteiger partial charge in [-0.1, -0.05) is 138 Å². The van der Waals surface area contributed by atoms with Crippen LogP contribution < -0.4 is 4.89 Å². The van der Waals surface area contributed by atoms with Crippen molar-refractivity contribution in [1.29, 1.82) is 0 Å². The number of allylic oxidation sites excluding steroid dienone is 12. The van der Waals surface area contributed by atoms with Crippen LogP contribution >= 0.6 is 7.82 Å². The van der Waals surface area contributed by atoms with E-state index in [4.69, 9.17) is 18.5 Å². The van der Waals surface area contributed by atoms with Crippen molar-refractivity contribution >= 4 is 13.8 Å². The van der Waals surface area contributed by atoms with Gasteiger partial charge in [0, 0.05) is 13.0 Å². The summed E-state index contributed by atoms with van der Waals surface area (Å²) in [5, 5.41) is 0. The molecule has 0 saturated heterocycles. The highest BCUT2D eigenvalue weighted by atomic mass is 31.2. The van der Waals surface area contributed by atoms with Gasteiger partial charge in [-0.2, -0.15) is 0 Å². The predicted molar refractivity (Wildman–Crippen MR) is 231 cm³/mol. The second-order valence-electron chi connectivity index (χ2n) is 15.3. The number of nitrogens with zero attached hydrogens (tertiary/aromatic N) is 1. The lowest BCUT2D eigenvalue weighted by Crippen LogP contribution is -2.37. The molecule has 0 rings (SSSR count). The number of carbonyl (C=O) groups is 1.